The largest absolute Gasteiger partial charge is 0.573 e. The van der Waals surface area contributed by atoms with Gasteiger partial charge < -0.3 is 10.1 Å². The number of hydrogen-bond donors (Lipinski definition) is 1. The molecule has 0 radical (unpaired) electrons. The Balaban J connectivity index is 1.81. The van der Waals surface area contributed by atoms with Crippen LogP contribution in [0.25, 0.3) is 0 Å². The SMILES string of the molecule is CC1CCCC(CNc2ccc(OC(F)(F)F)cc2)C1. The van der Waals surface area contributed by atoms with Gasteiger partial charge in [-0.15, -0.1) is 13.2 Å². The Hall–Kier alpha value is -1.39. The zero-order chi connectivity index (χ0) is 14.6. The van der Waals surface area contributed by atoms with E-state index < -0.39 is 6.36 Å². The number of alkyl halides is 3. The van der Waals surface area contributed by atoms with Crippen molar-refractivity contribution >= 4 is 5.69 Å². The quantitative estimate of drug-likeness (QED) is 0.857. The fourth-order valence-corrected chi connectivity index (χ4v) is 2.78. The van der Waals surface area contributed by atoms with Gasteiger partial charge in [-0.2, -0.15) is 0 Å². The number of rotatable bonds is 4. The third-order valence-corrected chi connectivity index (χ3v) is 3.73. The predicted octanol–water partition coefficient (Wildman–Crippen LogP) is 4.82. The normalized spacial score (nSPS) is 23.4. The molecule has 1 N–H and O–H groups in total. The minimum atomic E-state index is -4.63. The van der Waals surface area contributed by atoms with Crippen LogP contribution in [0.15, 0.2) is 24.3 Å². The molecular weight excluding hydrogens is 267 g/mol. The minimum absolute atomic E-state index is 0.186. The van der Waals surface area contributed by atoms with Crippen LogP contribution in [0.3, 0.4) is 0 Å². The number of anilines is 1. The van der Waals surface area contributed by atoms with Crippen LogP contribution in [0.5, 0.6) is 5.75 Å². The summed E-state index contributed by atoms with van der Waals surface area (Å²) < 4.78 is 39.9. The molecule has 20 heavy (non-hydrogen) atoms. The lowest BCUT2D eigenvalue weighted by atomic mass is 9.82. The van der Waals surface area contributed by atoms with Crippen molar-refractivity contribution < 1.29 is 17.9 Å². The van der Waals surface area contributed by atoms with Crippen molar-refractivity contribution in [2.75, 3.05) is 11.9 Å². The lowest BCUT2D eigenvalue weighted by Crippen LogP contribution is -2.21. The van der Waals surface area contributed by atoms with Gasteiger partial charge >= 0.3 is 6.36 Å². The van der Waals surface area contributed by atoms with Crippen molar-refractivity contribution in [2.45, 2.75) is 39.0 Å². The Bertz CT molecular complexity index is 416. The summed E-state index contributed by atoms with van der Waals surface area (Å²) in [6.45, 7) is 3.15. The first-order valence-electron chi connectivity index (χ1n) is 7.02. The van der Waals surface area contributed by atoms with Gasteiger partial charge in [-0.25, -0.2) is 0 Å². The van der Waals surface area contributed by atoms with Crippen molar-refractivity contribution in [2.24, 2.45) is 11.8 Å². The molecule has 1 saturated carbocycles. The molecule has 2 atom stereocenters. The van der Waals surface area contributed by atoms with Crippen LogP contribution in [0.1, 0.15) is 32.6 Å². The van der Waals surface area contributed by atoms with Gasteiger partial charge in [-0.3, -0.25) is 0 Å². The van der Waals surface area contributed by atoms with Crippen LogP contribution in [-0.2, 0) is 0 Å². The molecule has 1 aromatic carbocycles. The smallest absolute Gasteiger partial charge is 0.406 e. The lowest BCUT2D eigenvalue weighted by Gasteiger charge is -2.27. The average molecular weight is 287 g/mol. The highest BCUT2D eigenvalue weighted by Gasteiger charge is 2.30. The van der Waals surface area contributed by atoms with E-state index in [0.717, 1.165) is 18.2 Å². The van der Waals surface area contributed by atoms with Crippen LogP contribution < -0.4 is 10.1 Å². The Morgan fingerprint density at radius 1 is 1.20 bits per heavy atom. The molecule has 2 unspecified atom stereocenters. The van der Waals surface area contributed by atoms with Crippen LogP contribution in [0, 0.1) is 11.8 Å². The van der Waals surface area contributed by atoms with E-state index >= 15 is 0 Å². The van der Waals surface area contributed by atoms with E-state index in [1.807, 2.05) is 0 Å². The highest BCUT2D eigenvalue weighted by molar-refractivity contribution is 5.46. The van der Waals surface area contributed by atoms with Crippen LogP contribution in [-0.4, -0.2) is 12.9 Å². The molecule has 1 fully saturated rings. The van der Waals surface area contributed by atoms with E-state index in [9.17, 15) is 13.2 Å². The Kier molecular flexibility index (Phi) is 4.78. The van der Waals surface area contributed by atoms with Crippen LogP contribution >= 0.6 is 0 Å². The zero-order valence-electron chi connectivity index (χ0n) is 11.5. The van der Waals surface area contributed by atoms with E-state index in [1.54, 1.807) is 12.1 Å². The van der Waals surface area contributed by atoms with Gasteiger partial charge in [0.05, 0.1) is 0 Å². The average Bonchev–Trinajstić information content (AvgIpc) is 2.36. The summed E-state index contributed by atoms with van der Waals surface area (Å²) in [4.78, 5) is 0. The molecule has 112 valence electrons. The minimum Gasteiger partial charge on any atom is -0.406 e. The van der Waals surface area contributed by atoms with E-state index in [-0.39, 0.29) is 5.75 Å². The van der Waals surface area contributed by atoms with Gasteiger partial charge in [0, 0.05) is 12.2 Å². The molecule has 0 amide bonds. The molecule has 2 rings (SSSR count). The Morgan fingerprint density at radius 2 is 1.90 bits per heavy atom. The molecule has 0 aromatic heterocycles. The molecule has 1 aromatic rings. The van der Waals surface area contributed by atoms with E-state index in [1.165, 1.54) is 37.8 Å². The molecule has 0 bridgehead atoms. The summed E-state index contributed by atoms with van der Waals surface area (Å²) in [5, 5.41) is 3.29. The Labute approximate surface area is 117 Å². The summed E-state index contributed by atoms with van der Waals surface area (Å²) in [7, 11) is 0. The second-order valence-corrected chi connectivity index (χ2v) is 5.59. The Morgan fingerprint density at radius 3 is 2.50 bits per heavy atom. The fourth-order valence-electron chi connectivity index (χ4n) is 2.78. The maximum absolute atomic E-state index is 12.0. The van der Waals surface area contributed by atoms with Crippen molar-refractivity contribution in [3.8, 4) is 5.75 Å². The molecular formula is C15H20F3NO. The molecule has 1 aliphatic carbocycles. The number of hydrogen-bond acceptors (Lipinski definition) is 2. The second kappa shape index (κ2) is 6.37. The molecule has 1 aliphatic rings. The van der Waals surface area contributed by atoms with E-state index in [0.29, 0.717) is 5.92 Å². The lowest BCUT2D eigenvalue weighted by molar-refractivity contribution is -0.274. The first kappa shape index (κ1) is 15.0. The third kappa shape index (κ3) is 4.94. The molecule has 0 spiro atoms. The summed E-state index contributed by atoms with van der Waals surface area (Å²) in [6.07, 6.45) is 0.397. The van der Waals surface area contributed by atoms with E-state index in [4.69, 9.17) is 0 Å². The van der Waals surface area contributed by atoms with Gasteiger partial charge in [-0.05, 0) is 48.9 Å². The summed E-state index contributed by atoms with van der Waals surface area (Å²) >= 11 is 0. The van der Waals surface area contributed by atoms with Crippen LogP contribution in [0.4, 0.5) is 18.9 Å². The van der Waals surface area contributed by atoms with Gasteiger partial charge in [-0.1, -0.05) is 19.8 Å². The molecule has 2 nitrogen and oxygen atoms in total. The number of benzene rings is 1. The number of halogens is 3. The molecule has 0 aliphatic heterocycles. The standard InChI is InChI=1S/C15H20F3NO/c1-11-3-2-4-12(9-11)10-19-13-5-7-14(8-6-13)20-15(16,17)18/h5-8,11-12,19H,2-4,9-10H2,1H3. The first-order chi connectivity index (χ1) is 9.42. The fraction of sp³-hybridized carbons (Fsp3) is 0.600. The topological polar surface area (TPSA) is 21.3 Å². The number of ether oxygens (including phenoxy) is 1. The third-order valence-electron chi connectivity index (χ3n) is 3.73. The van der Waals surface area contributed by atoms with Crippen LogP contribution in [0.2, 0.25) is 0 Å². The second-order valence-electron chi connectivity index (χ2n) is 5.59. The highest BCUT2D eigenvalue weighted by atomic mass is 19.4. The number of nitrogens with one attached hydrogen (secondary N) is 1. The highest BCUT2D eigenvalue weighted by Crippen LogP contribution is 2.29. The first-order valence-corrected chi connectivity index (χ1v) is 7.02. The molecule has 0 saturated heterocycles. The van der Waals surface area contributed by atoms with Crippen molar-refractivity contribution in [1.82, 2.24) is 0 Å². The maximum atomic E-state index is 12.0. The van der Waals surface area contributed by atoms with E-state index in [2.05, 4.69) is 17.0 Å². The van der Waals surface area contributed by atoms with Crippen molar-refractivity contribution in [1.29, 1.82) is 0 Å². The van der Waals surface area contributed by atoms with Gasteiger partial charge in [0.15, 0.2) is 0 Å². The summed E-state index contributed by atoms with van der Waals surface area (Å²) in [6, 6.07) is 5.90. The predicted molar refractivity (Wildman–Crippen MR) is 72.7 cm³/mol. The van der Waals surface area contributed by atoms with Crippen molar-refractivity contribution in [3.63, 3.8) is 0 Å². The van der Waals surface area contributed by atoms with Gasteiger partial charge in [0.25, 0.3) is 0 Å². The van der Waals surface area contributed by atoms with Crippen molar-refractivity contribution in [3.05, 3.63) is 24.3 Å². The molecule has 0 heterocycles. The summed E-state index contributed by atoms with van der Waals surface area (Å²) in [5.74, 6) is 1.25. The maximum Gasteiger partial charge on any atom is 0.573 e. The zero-order valence-corrected chi connectivity index (χ0v) is 11.5. The summed E-state index contributed by atoms with van der Waals surface area (Å²) in [5.41, 5.74) is 0.831. The van der Waals surface area contributed by atoms with Gasteiger partial charge in [0.2, 0.25) is 0 Å². The molecule has 5 heteroatoms. The van der Waals surface area contributed by atoms with Gasteiger partial charge in [0.1, 0.15) is 5.75 Å². The monoisotopic (exact) mass is 287 g/mol.